The van der Waals surface area contributed by atoms with Gasteiger partial charge in [-0.25, -0.2) is 4.98 Å². The first-order chi connectivity index (χ1) is 17.3. The molecular formula is C28H38N2O5. The fourth-order valence-electron chi connectivity index (χ4n) is 4.55. The molecule has 190 valence electrons. The molecular weight excluding hydrogens is 444 g/mol. The Labute approximate surface area is 208 Å². The third-order valence-corrected chi connectivity index (χ3v) is 6.30. The van der Waals surface area contributed by atoms with Crippen LogP contribution in [0.5, 0.6) is 5.88 Å². The molecule has 0 aliphatic carbocycles. The number of ether oxygens (including phenoxy) is 5. The third-order valence-electron chi connectivity index (χ3n) is 6.30. The van der Waals surface area contributed by atoms with Crippen LogP contribution in [-0.4, -0.2) is 55.8 Å². The van der Waals surface area contributed by atoms with E-state index in [9.17, 15) is 0 Å². The monoisotopic (exact) mass is 482 g/mol. The topological polar surface area (TPSA) is 64.0 Å². The molecule has 1 aliphatic rings. The molecule has 7 heteroatoms. The van der Waals surface area contributed by atoms with Gasteiger partial charge in [-0.1, -0.05) is 37.3 Å². The molecule has 1 unspecified atom stereocenters. The predicted molar refractivity (Wildman–Crippen MR) is 136 cm³/mol. The van der Waals surface area contributed by atoms with Crippen LogP contribution < -0.4 is 4.74 Å². The van der Waals surface area contributed by atoms with E-state index in [2.05, 4.69) is 36.6 Å². The maximum atomic E-state index is 6.09. The molecule has 0 spiro atoms. The lowest BCUT2D eigenvalue weighted by atomic mass is 10.1. The molecule has 1 aliphatic heterocycles. The fourth-order valence-corrected chi connectivity index (χ4v) is 4.55. The summed E-state index contributed by atoms with van der Waals surface area (Å²) in [5, 5.41) is 0. The number of pyridine rings is 1. The lowest BCUT2D eigenvalue weighted by Crippen LogP contribution is -2.19. The smallest absolute Gasteiger partial charge is 0.213 e. The third kappa shape index (κ3) is 7.04. The van der Waals surface area contributed by atoms with Crippen molar-refractivity contribution in [1.29, 1.82) is 0 Å². The Morgan fingerprint density at radius 2 is 1.66 bits per heavy atom. The van der Waals surface area contributed by atoms with Gasteiger partial charge in [-0.3, -0.25) is 0 Å². The Balaban J connectivity index is 1.14. The average molecular weight is 483 g/mol. The number of fused-ring (bicyclic) bond motifs is 1. The van der Waals surface area contributed by atoms with Crippen LogP contribution >= 0.6 is 0 Å². The first kappa shape index (κ1) is 25.6. The standard InChI is InChI=1S/C28H38N2O5/c1-3-24-22(2)28-25(30(24)27-11-7-8-14-35-27)12-13-26(29-28)34-20-19-32-16-15-31-17-18-33-21-23-9-5-4-6-10-23/h4-6,9-10,12-13,27H,3,7-8,11,14-21H2,1-2H3. The van der Waals surface area contributed by atoms with Crippen molar-refractivity contribution in [1.82, 2.24) is 9.55 Å². The molecule has 0 N–H and O–H groups in total. The van der Waals surface area contributed by atoms with Gasteiger partial charge in [0.25, 0.3) is 0 Å². The van der Waals surface area contributed by atoms with Crippen LogP contribution in [0, 0.1) is 6.92 Å². The summed E-state index contributed by atoms with van der Waals surface area (Å²) >= 11 is 0. The highest BCUT2D eigenvalue weighted by Gasteiger charge is 2.23. The van der Waals surface area contributed by atoms with E-state index in [0.717, 1.165) is 36.9 Å². The second kappa shape index (κ2) is 13.6. The molecule has 0 amide bonds. The van der Waals surface area contributed by atoms with Crippen molar-refractivity contribution in [2.24, 2.45) is 0 Å². The van der Waals surface area contributed by atoms with Crippen molar-refractivity contribution in [2.45, 2.75) is 52.4 Å². The van der Waals surface area contributed by atoms with E-state index in [1.165, 1.54) is 23.2 Å². The Morgan fingerprint density at radius 1 is 0.914 bits per heavy atom. The highest BCUT2D eigenvalue weighted by molar-refractivity contribution is 5.82. The molecule has 1 aromatic carbocycles. The van der Waals surface area contributed by atoms with Crippen molar-refractivity contribution < 1.29 is 23.7 Å². The van der Waals surface area contributed by atoms with Crippen LogP contribution in [0.15, 0.2) is 42.5 Å². The van der Waals surface area contributed by atoms with E-state index in [1.807, 2.05) is 24.3 Å². The van der Waals surface area contributed by atoms with E-state index in [1.54, 1.807) is 0 Å². The molecule has 0 bridgehead atoms. The molecule has 3 aromatic rings. The van der Waals surface area contributed by atoms with E-state index >= 15 is 0 Å². The van der Waals surface area contributed by atoms with Gasteiger partial charge >= 0.3 is 0 Å². The Morgan fingerprint density at radius 3 is 2.37 bits per heavy atom. The van der Waals surface area contributed by atoms with Gasteiger partial charge in [0.15, 0.2) is 0 Å². The van der Waals surface area contributed by atoms with Crippen LogP contribution in [0.2, 0.25) is 0 Å². The van der Waals surface area contributed by atoms with Gasteiger partial charge in [-0.15, -0.1) is 0 Å². The second-order valence-corrected chi connectivity index (χ2v) is 8.75. The SMILES string of the molecule is CCc1c(C)c2nc(OCCOCCOCCOCc3ccccc3)ccc2n1C1CCCCO1. The van der Waals surface area contributed by atoms with Gasteiger partial charge in [0.2, 0.25) is 5.88 Å². The van der Waals surface area contributed by atoms with Crippen molar-refractivity contribution >= 4 is 11.0 Å². The summed E-state index contributed by atoms with van der Waals surface area (Å²) in [6, 6.07) is 14.2. The molecule has 4 rings (SSSR count). The number of benzene rings is 1. The predicted octanol–water partition coefficient (Wildman–Crippen LogP) is 5.24. The zero-order chi connectivity index (χ0) is 24.3. The van der Waals surface area contributed by atoms with E-state index < -0.39 is 0 Å². The summed E-state index contributed by atoms with van der Waals surface area (Å²) < 4.78 is 31.1. The maximum Gasteiger partial charge on any atom is 0.213 e. The first-order valence-corrected chi connectivity index (χ1v) is 12.8. The zero-order valence-electron chi connectivity index (χ0n) is 21.0. The van der Waals surface area contributed by atoms with Crippen molar-refractivity contribution in [3.8, 4) is 5.88 Å². The molecule has 1 atom stereocenters. The number of aryl methyl sites for hydroxylation is 1. The zero-order valence-corrected chi connectivity index (χ0v) is 21.0. The molecule has 0 radical (unpaired) electrons. The van der Waals surface area contributed by atoms with Crippen molar-refractivity contribution in [2.75, 3.05) is 46.2 Å². The number of hydrogen-bond acceptors (Lipinski definition) is 6. The molecule has 35 heavy (non-hydrogen) atoms. The van der Waals surface area contributed by atoms with Gasteiger partial charge in [-0.05, 0) is 49.8 Å². The first-order valence-electron chi connectivity index (χ1n) is 12.8. The molecule has 2 aromatic heterocycles. The average Bonchev–Trinajstić information content (AvgIpc) is 3.19. The van der Waals surface area contributed by atoms with Crippen LogP contribution in [0.4, 0.5) is 0 Å². The highest BCUT2D eigenvalue weighted by Crippen LogP contribution is 2.33. The summed E-state index contributed by atoms with van der Waals surface area (Å²) in [6.45, 7) is 8.90. The molecule has 3 heterocycles. The lowest BCUT2D eigenvalue weighted by molar-refractivity contribution is -0.0306. The molecule has 7 nitrogen and oxygen atoms in total. The summed E-state index contributed by atoms with van der Waals surface area (Å²) in [4.78, 5) is 4.80. The van der Waals surface area contributed by atoms with Crippen molar-refractivity contribution in [3.63, 3.8) is 0 Å². The molecule has 1 saturated heterocycles. The van der Waals surface area contributed by atoms with E-state index in [4.69, 9.17) is 28.7 Å². The summed E-state index contributed by atoms with van der Waals surface area (Å²) in [6.07, 6.45) is 4.45. The minimum Gasteiger partial charge on any atom is -0.475 e. The molecule has 1 fully saturated rings. The van der Waals surface area contributed by atoms with Gasteiger partial charge < -0.3 is 28.3 Å². The van der Waals surface area contributed by atoms with Gasteiger partial charge in [0.05, 0.1) is 50.7 Å². The van der Waals surface area contributed by atoms with Gasteiger partial charge in [-0.2, -0.15) is 0 Å². The minimum atomic E-state index is 0.106. The summed E-state index contributed by atoms with van der Waals surface area (Å²) in [5.74, 6) is 0.625. The maximum absolute atomic E-state index is 6.09. The highest BCUT2D eigenvalue weighted by atomic mass is 16.6. The minimum absolute atomic E-state index is 0.106. The Kier molecular flexibility index (Phi) is 9.95. The number of hydrogen-bond donors (Lipinski definition) is 0. The lowest BCUT2D eigenvalue weighted by Gasteiger charge is -2.26. The summed E-state index contributed by atoms with van der Waals surface area (Å²) in [5.41, 5.74) is 5.80. The Bertz CT molecular complexity index is 1030. The largest absolute Gasteiger partial charge is 0.475 e. The second-order valence-electron chi connectivity index (χ2n) is 8.75. The Hall–Kier alpha value is -2.45. The quantitative estimate of drug-likeness (QED) is 0.293. The normalized spacial score (nSPS) is 16.1. The van der Waals surface area contributed by atoms with Crippen LogP contribution in [0.25, 0.3) is 11.0 Å². The van der Waals surface area contributed by atoms with Gasteiger partial charge in [0.1, 0.15) is 12.8 Å². The number of aromatic nitrogens is 2. The summed E-state index contributed by atoms with van der Waals surface area (Å²) in [7, 11) is 0. The van der Waals surface area contributed by atoms with Crippen LogP contribution in [0.3, 0.4) is 0 Å². The van der Waals surface area contributed by atoms with Gasteiger partial charge in [0, 0.05) is 18.4 Å². The fraction of sp³-hybridized carbons (Fsp3) is 0.536. The molecule has 0 saturated carbocycles. The van der Waals surface area contributed by atoms with Crippen LogP contribution in [-0.2, 0) is 32.0 Å². The van der Waals surface area contributed by atoms with E-state index in [-0.39, 0.29) is 6.23 Å². The number of rotatable bonds is 14. The van der Waals surface area contributed by atoms with Crippen LogP contribution in [0.1, 0.15) is 49.2 Å². The van der Waals surface area contributed by atoms with E-state index in [0.29, 0.717) is 52.1 Å². The number of nitrogens with zero attached hydrogens (tertiary/aromatic N) is 2. The van der Waals surface area contributed by atoms with Crippen molar-refractivity contribution in [3.05, 3.63) is 59.3 Å².